The number of urea groups is 1. The molecule has 1 rings (SSSR count). The van der Waals surface area contributed by atoms with Crippen molar-refractivity contribution >= 4 is 17.4 Å². The Morgan fingerprint density at radius 1 is 1.58 bits per heavy atom. The van der Waals surface area contributed by atoms with E-state index in [9.17, 15) is 9.90 Å². The Labute approximate surface area is 119 Å². The van der Waals surface area contributed by atoms with E-state index in [0.29, 0.717) is 13.1 Å². The molecule has 2 N–H and O–H groups in total. The summed E-state index contributed by atoms with van der Waals surface area (Å²) in [6, 6.07) is 2.03. The third-order valence-electron chi connectivity index (χ3n) is 2.74. The van der Waals surface area contributed by atoms with Crippen molar-refractivity contribution in [3.63, 3.8) is 0 Å². The van der Waals surface area contributed by atoms with Crippen LogP contribution in [0.2, 0.25) is 0 Å². The highest BCUT2D eigenvalue weighted by Crippen LogP contribution is 2.09. The van der Waals surface area contributed by atoms with Crippen LogP contribution in [0.3, 0.4) is 0 Å². The van der Waals surface area contributed by atoms with E-state index in [1.54, 1.807) is 30.1 Å². The number of hydrogen-bond acceptors (Lipinski definition) is 3. The van der Waals surface area contributed by atoms with Crippen LogP contribution in [0.4, 0.5) is 4.79 Å². The lowest BCUT2D eigenvalue weighted by Crippen LogP contribution is -2.49. The summed E-state index contributed by atoms with van der Waals surface area (Å²) >= 11 is 1.66. The van der Waals surface area contributed by atoms with Crippen molar-refractivity contribution < 1.29 is 9.90 Å². The Morgan fingerprint density at radius 2 is 2.26 bits per heavy atom. The molecule has 0 saturated carbocycles. The molecule has 0 spiro atoms. The van der Waals surface area contributed by atoms with Crippen molar-refractivity contribution in [2.75, 3.05) is 13.1 Å². The first-order valence-corrected chi connectivity index (χ1v) is 7.55. The van der Waals surface area contributed by atoms with E-state index < -0.39 is 5.60 Å². The van der Waals surface area contributed by atoms with E-state index >= 15 is 0 Å². The second kappa shape index (κ2) is 6.91. The van der Waals surface area contributed by atoms with E-state index in [4.69, 9.17) is 0 Å². The van der Waals surface area contributed by atoms with E-state index in [0.717, 1.165) is 6.42 Å². The molecule has 1 heterocycles. The smallest absolute Gasteiger partial charge is 0.317 e. The monoisotopic (exact) mass is 284 g/mol. The average molecular weight is 284 g/mol. The summed E-state index contributed by atoms with van der Waals surface area (Å²) in [4.78, 5) is 13.7. The van der Waals surface area contributed by atoms with Crippen LogP contribution in [-0.2, 0) is 6.42 Å². The highest BCUT2D eigenvalue weighted by molar-refractivity contribution is 7.07. The number of thiophene rings is 1. The molecular weight excluding hydrogens is 260 g/mol. The number of nitrogens with one attached hydrogen (secondary N) is 1. The van der Waals surface area contributed by atoms with Gasteiger partial charge in [0.15, 0.2) is 0 Å². The van der Waals surface area contributed by atoms with E-state index in [1.165, 1.54) is 5.56 Å². The zero-order chi connectivity index (χ0) is 14.5. The molecule has 0 fully saturated rings. The van der Waals surface area contributed by atoms with Gasteiger partial charge in [-0.15, -0.1) is 0 Å². The van der Waals surface area contributed by atoms with Crippen LogP contribution in [0.1, 0.15) is 33.3 Å². The maximum atomic E-state index is 12.1. The van der Waals surface area contributed by atoms with Crippen LogP contribution in [0.25, 0.3) is 0 Å². The Hall–Kier alpha value is -1.07. The first-order valence-electron chi connectivity index (χ1n) is 6.60. The molecule has 1 atom stereocenters. The lowest BCUT2D eigenvalue weighted by atomic mass is 10.1. The highest BCUT2D eigenvalue weighted by Gasteiger charge is 2.22. The Kier molecular flexibility index (Phi) is 5.82. The summed E-state index contributed by atoms with van der Waals surface area (Å²) in [5.41, 5.74) is 0.368. The number of likely N-dealkylation sites (N-methyl/N-ethyl adjacent to an activating group) is 1. The lowest BCUT2D eigenvalue weighted by molar-refractivity contribution is 0.0476. The van der Waals surface area contributed by atoms with Crippen LogP contribution < -0.4 is 5.32 Å². The fourth-order valence-electron chi connectivity index (χ4n) is 1.91. The summed E-state index contributed by atoms with van der Waals surface area (Å²) in [6.45, 7) is 8.24. The van der Waals surface area contributed by atoms with E-state index in [-0.39, 0.29) is 12.1 Å². The van der Waals surface area contributed by atoms with Gasteiger partial charge < -0.3 is 15.3 Å². The molecule has 0 radical (unpaired) electrons. The normalized spacial score (nSPS) is 13.1. The molecule has 0 aliphatic heterocycles. The summed E-state index contributed by atoms with van der Waals surface area (Å²) in [5.74, 6) is 0. The molecule has 0 bridgehead atoms. The van der Waals surface area contributed by atoms with Gasteiger partial charge in [-0.1, -0.05) is 0 Å². The van der Waals surface area contributed by atoms with Gasteiger partial charge in [-0.25, -0.2) is 4.79 Å². The highest BCUT2D eigenvalue weighted by atomic mass is 32.1. The Bertz CT molecular complexity index is 385. The average Bonchev–Trinajstić information content (AvgIpc) is 2.76. The van der Waals surface area contributed by atoms with Crippen LogP contribution in [0.15, 0.2) is 16.8 Å². The molecule has 1 aromatic rings. The molecule has 108 valence electrons. The second-order valence-corrected chi connectivity index (χ2v) is 6.29. The standard InChI is InChI=1S/C14H24N2O2S/c1-5-16(10-14(3,4)18)13(17)15-11(2)8-12-6-7-19-9-12/h6-7,9,11,18H,5,8,10H2,1-4H3,(H,15,17)/t11-/m0/s1. The molecule has 19 heavy (non-hydrogen) atoms. The first kappa shape index (κ1) is 16.0. The second-order valence-electron chi connectivity index (χ2n) is 5.51. The van der Waals surface area contributed by atoms with Crippen molar-refractivity contribution in [3.8, 4) is 0 Å². The summed E-state index contributed by atoms with van der Waals surface area (Å²) in [5, 5.41) is 16.9. The Morgan fingerprint density at radius 3 is 2.74 bits per heavy atom. The predicted octanol–water partition coefficient (Wildman–Crippen LogP) is 2.48. The molecular formula is C14H24N2O2S. The predicted molar refractivity (Wildman–Crippen MR) is 79.6 cm³/mol. The van der Waals surface area contributed by atoms with Crippen molar-refractivity contribution in [2.24, 2.45) is 0 Å². The maximum absolute atomic E-state index is 12.1. The van der Waals surface area contributed by atoms with Gasteiger partial charge >= 0.3 is 6.03 Å². The van der Waals surface area contributed by atoms with Crippen molar-refractivity contribution in [1.82, 2.24) is 10.2 Å². The minimum atomic E-state index is -0.871. The van der Waals surface area contributed by atoms with E-state index in [2.05, 4.69) is 16.8 Å². The molecule has 0 aromatic carbocycles. The topological polar surface area (TPSA) is 52.6 Å². The van der Waals surface area contributed by atoms with Crippen LogP contribution in [0, 0.1) is 0 Å². The zero-order valence-electron chi connectivity index (χ0n) is 12.1. The van der Waals surface area contributed by atoms with Gasteiger partial charge in [0.05, 0.1) is 12.1 Å². The number of aliphatic hydroxyl groups is 1. The van der Waals surface area contributed by atoms with Gasteiger partial charge in [-0.3, -0.25) is 0 Å². The first-order chi connectivity index (χ1) is 8.81. The number of hydrogen-bond donors (Lipinski definition) is 2. The lowest BCUT2D eigenvalue weighted by Gasteiger charge is -2.29. The number of carbonyl (C=O) groups excluding carboxylic acids is 1. The van der Waals surface area contributed by atoms with Gasteiger partial charge in [-0.05, 0) is 56.5 Å². The van der Waals surface area contributed by atoms with Crippen LogP contribution in [0.5, 0.6) is 0 Å². The van der Waals surface area contributed by atoms with Crippen molar-refractivity contribution in [2.45, 2.75) is 45.8 Å². The van der Waals surface area contributed by atoms with Gasteiger partial charge in [0, 0.05) is 12.6 Å². The number of nitrogens with zero attached hydrogens (tertiary/aromatic N) is 1. The van der Waals surface area contributed by atoms with Gasteiger partial charge in [0.2, 0.25) is 0 Å². The molecule has 0 aliphatic carbocycles. The fourth-order valence-corrected chi connectivity index (χ4v) is 2.59. The molecule has 1 aromatic heterocycles. The summed E-state index contributed by atoms with van der Waals surface area (Å²) in [7, 11) is 0. The number of amides is 2. The van der Waals surface area contributed by atoms with Crippen LogP contribution in [-0.4, -0.2) is 40.8 Å². The number of carbonyl (C=O) groups is 1. The minimum absolute atomic E-state index is 0.0814. The van der Waals surface area contributed by atoms with Gasteiger partial charge in [0.1, 0.15) is 0 Å². The third-order valence-corrected chi connectivity index (χ3v) is 3.47. The Balaban J connectivity index is 2.47. The number of rotatable bonds is 6. The molecule has 0 unspecified atom stereocenters. The van der Waals surface area contributed by atoms with Crippen LogP contribution >= 0.6 is 11.3 Å². The largest absolute Gasteiger partial charge is 0.389 e. The molecule has 5 heteroatoms. The fraction of sp³-hybridized carbons (Fsp3) is 0.643. The summed E-state index contributed by atoms with van der Waals surface area (Å²) in [6.07, 6.45) is 0.829. The molecule has 4 nitrogen and oxygen atoms in total. The zero-order valence-corrected chi connectivity index (χ0v) is 13.0. The maximum Gasteiger partial charge on any atom is 0.317 e. The van der Waals surface area contributed by atoms with Gasteiger partial charge in [-0.2, -0.15) is 11.3 Å². The van der Waals surface area contributed by atoms with Crippen molar-refractivity contribution in [1.29, 1.82) is 0 Å². The third kappa shape index (κ3) is 6.07. The van der Waals surface area contributed by atoms with Gasteiger partial charge in [0.25, 0.3) is 0 Å². The summed E-state index contributed by atoms with van der Waals surface area (Å²) < 4.78 is 0. The minimum Gasteiger partial charge on any atom is -0.389 e. The van der Waals surface area contributed by atoms with Crippen molar-refractivity contribution in [3.05, 3.63) is 22.4 Å². The van der Waals surface area contributed by atoms with E-state index in [1.807, 2.05) is 19.2 Å². The SMILES string of the molecule is CCN(CC(C)(C)O)C(=O)N[C@@H](C)Cc1ccsc1. The molecule has 0 saturated heterocycles. The molecule has 0 aliphatic rings. The quantitative estimate of drug-likeness (QED) is 0.843. The molecule has 2 amide bonds.